The lowest BCUT2D eigenvalue weighted by Gasteiger charge is -2.33. The van der Waals surface area contributed by atoms with Crippen molar-refractivity contribution >= 4 is 16.7 Å². The molecule has 0 saturated carbocycles. The first kappa shape index (κ1) is 15.9. The summed E-state index contributed by atoms with van der Waals surface area (Å²) in [7, 11) is 0. The van der Waals surface area contributed by atoms with Gasteiger partial charge >= 0.3 is 0 Å². The summed E-state index contributed by atoms with van der Waals surface area (Å²) in [6.07, 6.45) is 1.65. The summed E-state index contributed by atoms with van der Waals surface area (Å²) in [6, 6.07) is 16.3. The number of nitrogens with one attached hydrogen (secondary N) is 1. The lowest BCUT2D eigenvalue weighted by Crippen LogP contribution is -3.13. The van der Waals surface area contributed by atoms with Crippen molar-refractivity contribution in [1.82, 2.24) is 0 Å². The Bertz CT molecular complexity index is 926. The van der Waals surface area contributed by atoms with Crippen molar-refractivity contribution in [3.8, 4) is 0 Å². The molecule has 4 rings (SSSR count). The maximum Gasteiger partial charge on any atom is 0.201 e. The van der Waals surface area contributed by atoms with Gasteiger partial charge in [-0.15, -0.1) is 0 Å². The summed E-state index contributed by atoms with van der Waals surface area (Å²) < 4.78 is 5.69. The molecule has 1 fully saturated rings. The molecule has 1 aromatic heterocycles. The number of para-hydroxylation sites is 1. The van der Waals surface area contributed by atoms with Gasteiger partial charge in [0.15, 0.2) is 0 Å². The van der Waals surface area contributed by atoms with Gasteiger partial charge in [-0.3, -0.25) is 4.79 Å². The van der Waals surface area contributed by atoms with Gasteiger partial charge in [0, 0.05) is 5.69 Å². The molecule has 3 aromatic rings. The van der Waals surface area contributed by atoms with Crippen LogP contribution in [0.4, 0.5) is 5.69 Å². The highest BCUT2D eigenvalue weighted by atomic mass is 16.3. The van der Waals surface area contributed by atoms with E-state index in [0.29, 0.717) is 11.0 Å². The van der Waals surface area contributed by atoms with Crippen LogP contribution in [0.5, 0.6) is 0 Å². The van der Waals surface area contributed by atoms with Crippen molar-refractivity contribution in [1.29, 1.82) is 0 Å². The minimum Gasteiger partial charge on any atom is -0.464 e. The van der Waals surface area contributed by atoms with Crippen LogP contribution in [0.3, 0.4) is 0 Å². The van der Waals surface area contributed by atoms with Crippen LogP contribution >= 0.6 is 0 Å². The topological polar surface area (TPSA) is 37.9 Å². The van der Waals surface area contributed by atoms with Gasteiger partial charge in [-0.25, -0.2) is 0 Å². The molecular weight excluding hydrogens is 312 g/mol. The Morgan fingerprint density at radius 3 is 2.60 bits per heavy atom. The fourth-order valence-corrected chi connectivity index (χ4v) is 3.57. The van der Waals surface area contributed by atoms with Crippen LogP contribution in [0.25, 0.3) is 11.0 Å². The van der Waals surface area contributed by atoms with E-state index in [1.165, 1.54) is 10.6 Å². The number of piperazine rings is 1. The summed E-state index contributed by atoms with van der Waals surface area (Å²) in [5.74, 6) is 0. The number of benzene rings is 2. The standard InChI is InChI=1S/C21H22N2O2/c1-16-7-8-20-19(13-16)21(24)17(15-25-20)14-22-9-11-23(12-10-22)18-5-3-2-4-6-18/h2-8,13,15H,9-12,14H2,1H3/p+1. The highest BCUT2D eigenvalue weighted by Gasteiger charge is 2.21. The molecule has 0 aliphatic carbocycles. The molecule has 0 bridgehead atoms. The molecule has 2 aromatic carbocycles. The monoisotopic (exact) mass is 335 g/mol. The molecule has 1 saturated heterocycles. The fourth-order valence-electron chi connectivity index (χ4n) is 3.57. The van der Waals surface area contributed by atoms with Gasteiger partial charge in [-0.1, -0.05) is 29.8 Å². The van der Waals surface area contributed by atoms with E-state index in [4.69, 9.17) is 4.42 Å². The van der Waals surface area contributed by atoms with Crippen LogP contribution in [-0.2, 0) is 6.54 Å². The van der Waals surface area contributed by atoms with E-state index in [2.05, 4.69) is 29.2 Å². The summed E-state index contributed by atoms with van der Waals surface area (Å²) >= 11 is 0. The number of fused-ring (bicyclic) bond motifs is 1. The zero-order chi connectivity index (χ0) is 17.2. The molecule has 2 heterocycles. The Balaban J connectivity index is 1.48. The van der Waals surface area contributed by atoms with E-state index in [0.717, 1.165) is 43.9 Å². The quantitative estimate of drug-likeness (QED) is 0.796. The zero-order valence-corrected chi connectivity index (χ0v) is 14.5. The summed E-state index contributed by atoms with van der Waals surface area (Å²) in [5, 5.41) is 0.694. The van der Waals surface area contributed by atoms with Gasteiger partial charge in [0.05, 0.1) is 37.1 Å². The van der Waals surface area contributed by atoms with Crippen molar-refractivity contribution in [2.45, 2.75) is 13.5 Å². The fraction of sp³-hybridized carbons (Fsp3) is 0.286. The minimum atomic E-state index is 0.114. The second kappa shape index (κ2) is 6.73. The van der Waals surface area contributed by atoms with E-state index in [9.17, 15) is 4.79 Å². The molecule has 4 nitrogen and oxygen atoms in total. The highest BCUT2D eigenvalue weighted by Crippen LogP contribution is 2.14. The molecule has 0 radical (unpaired) electrons. The van der Waals surface area contributed by atoms with Crippen LogP contribution in [0.15, 0.2) is 64.0 Å². The van der Waals surface area contributed by atoms with Crippen LogP contribution in [0.2, 0.25) is 0 Å². The number of aryl methyl sites for hydroxylation is 1. The summed E-state index contributed by atoms with van der Waals surface area (Å²) in [5.41, 5.74) is 3.93. The number of hydrogen-bond donors (Lipinski definition) is 1. The summed E-state index contributed by atoms with van der Waals surface area (Å²) in [4.78, 5) is 16.6. The Morgan fingerprint density at radius 2 is 1.84 bits per heavy atom. The summed E-state index contributed by atoms with van der Waals surface area (Å²) in [6.45, 7) is 6.81. The number of hydrogen-bond acceptors (Lipinski definition) is 3. The van der Waals surface area contributed by atoms with E-state index in [-0.39, 0.29) is 5.43 Å². The molecule has 0 spiro atoms. The first-order valence-electron chi connectivity index (χ1n) is 8.85. The minimum absolute atomic E-state index is 0.114. The van der Waals surface area contributed by atoms with Crippen LogP contribution in [0, 0.1) is 6.92 Å². The molecule has 0 amide bonds. The number of anilines is 1. The molecule has 25 heavy (non-hydrogen) atoms. The predicted molar refractivity (Wildman–Crippen MR) is 100 cm³/mol. The maximum atomic E-state index is 12.8. The van der Waals surface area contributed by atoms with Crippen LogP contribution in [-0.4, -0.2) is 26.2 Å². The van der Waals surface area contributed by atoms with Crippen molar-refractivity contribution in [3.05, 3.63) is 76.1 Å². The lowest BCUT2D eigenvalue weighted by atomic mass is 10.1. The Morgan fingerprint density at radius 1 is 1.08 bits per heavy atom. The lowest BCUT2D eigenvalue weighted by molar-refractivity contribution is -0.914. The van der Waals surface area contributed by atoms with Gasteiger partial charge in [0.25, 0.3) is 0 Å². The molecule has 1 N–H and O–H groups in total. The van der Waals surface area contributed by atoms with E-state index in [1.54, 1.807) is 6.26 Å². The SMILES string of the molecule is Cc1ccc2occ(C[NH+]3CCN(c4ccccc4)CC3)c(=O)c2c1. The van der Waals surface area contributed by atoms with Gasteiger partial charge in [-0.2, -0.15) is 0 Å². The third-order valence-corrected chi connectivity index (χ3v) is 5.03. The zero-order valence-electron chi connectivity index (χ0n) is 14.5. The maximum absolute atomic E-state index is 12.8. The third kappa shape index (κ3) is 3.30. The van der Waals surface area contributed by atoms with E-state index >= 15 is 0 Å². The number of quaternary nitrogens is 1. The Hall–Kier alpha value is -2.59. The predicted octanol–water partition coefficient (Wildman–Crippen LogP) is 2.01. The largest absolute Gasteiger partial charge is 0.464 e. The highest BCUT2D eigenvalue weighted by molar-refractivity contribution is 5.77. The number of nitrogens with zero attached hydrogens (tertiary/aromatic N) is 1. The second-order valence-electron chi connectivity index (χ2n) is 6.84. The average molecular weight is 335 g/mol. The smallest absolute Gasteiger partial charge is 0.201 e. The molecule has 1 aliphatic heterocycles. The average Bonchev–Trinajstić information content (AvgIpc) is 2.66. The molecule has 0 unspecified atom stereocenters. The van der Waals surface area contributed by atoms with Crippen molar-refractivity contribution in [2.75, 3.05) is 31.1 Å². The molecule has 0 atom stereocenters. The first-order valence-corrected chi connectivity index (χ1v) is 8.85. The van der Waals surface area contributed by atoms with Gasteiger partial charge in [0.1, 0.15) is 18.4 Å². The van der Waals surface area contributed by atoms with Crippen LogP contribution in [0.1, 0.15) is 11.1 Å². The molecular formula is C21H23N2O2+. The van der Waals surface area contributed by atoms with Gasteiger partial charge in [0.2, 0.25) is 5.43 Å². The first-order chi connectivity index (χ1) is 12.2. The van der Waals surface area contributed by atoms with Crippen molar-refractivity contribution < 1.29 is 9.32 Å². The van der Waals surface area contributed by atoms with Crippen LogP contribution < -0.4 is 15.2 Å². The van der Waals surface area contributed by atoms with E-state index in [1.807, 2.05) is 31.2 Å². The van der Waals surface area contributed by atoms with Gasteiger partial charge in [-0.05, 0) is 31.2 Å². The van der Waals surface area contributed by atoms with Crippen molar-refractivity contribution in [3.63, 3.8) is 0 Å². The van der Waals surface area contributed by atoms with Gasteiger partial charge < -0.3 is 14.2 Å². The molecule has 1 aliphatic rings. The van der Waals surface area contributed by atoms with E-state index < -0.39 is 0 Å². The molecule has 4 heteroatoms. The second-order valence-corrected chi connectivity index (χ2v) is 6.84. The molecule has 128 valence electrons. The Kier molecular flexibility index (Phi) is 4.28. The normalized spacial score (nSPS) is 15.6. The Labute approximate surface area is 147 Å². The van der Waals surface area contributed by atoms with Crippen molar-refractivity contribution in [2.24, 2.45) is 0 Å². The third-order valence-electron chi connectivity index (χ3n) is 5.03. The number of rotatable bonds is 3.